The van der Waals surface area contributed by atoms with Crippen molar-refractivity contribution in [3.63, 3.8) is 0 Å². The SMILES string of the molecule is C[C@H](/C=C/CC(=O)N1Cc2ccccc2C[C@H]1CO)[C@@]1(O)C(=O)N(C)c2ccc(N3N=C(c4ccccc4)CCC3=O)cc21. The number of hydrazone groups is 1. The van der Waals surface area contributed by atoms with Crippen molar-refractivity contribution >= 4 is 34.8 Å². The van der Waals surface area contributed by atoms with Gasteiger partial charge in [-0.25, -0.2) is 5.01 Å². The fourth-order valence-electron chi connectivity index (χ4n) is 6.44. The van der Waals surface area contributed by atoms with Crippen LogP contribution < -0.4 is 9.91 Å². The number of aliphatic hydroxyl groups excluding tert-OH is 1. The average molecular weight is 593 g/mol. The van der Waals surface area contributed by atoms with Gasteiger partial charge in [0, 0.05) is 44.3 Å². The van der Waals surface area contributed by atoms with Crippen molar-refractivity contribution in [2.24, 2.45) is 11.0 Å². The van der Waals surface area contributed by atoms with Gasteiger partial charge in [-0.15, -0.1) is 0 Å². The Kier molecular flexibility index (Phi) is 7.92. The number of benzene rings is 3. The Labute approximate surface area is 256 Å². The zero-order chi connectivity index (χ0) is 31.0. The maximum atomic E-state index is 13.5. The van der Waals surface area contributed by atoms with Gasteiger partial charge < -0.3 is 20.0 Å². The van der Waals surface area contributed by atoms with Crippen LogP contribution in [0, 0.1) is 5.92 Å². The lowest BCUT2D eigenvalue weighted by Crippen LogP contribution is -2.46. The van der Waals surface area contributed by atoms with E-state index in [4.69, 9.17) is 0 Å². The third-order valence-electron chi connectivity index (χ3n) is 9.03. The Morgan fingerprint density at radius 1 is 1.05 bits per heavy atom. The van der Waals surface area contributed by atoms with Crippen LogP contribution in [0.4, 0.5) is 11.4 Å². The van der Waals surface area contributed by atoms with Crippen molar-refractivity contribution in [2.75, 3.05) is 23.6 Å². The molecule has 9 nitrogen and oxygen atoms in total. The van der Waals surface area contributed by atoms with E-state index in [0.717, 1.165) is 22.4 Å². The van der Waals surface area contributed by atoms with Gasteiger partial charge in [0.25, 0.3) is 5.91 Å². The van der Waals surface area contributed by atoms with Crippen LogP contribution in [0.1, 0.15) is 48.4 Å². The van der Waals surface area contributed by atoms with Crippen LogP contribution in [-0.2, 0) is 33.0 Å². The summed E-state index contributed by atoms with van der Waals surface area (Å²) in [6.45, 7) is 2.03. The lowest BCUT2D eigenvalue weighted by atomic mass is 9.82. The fourth-order valence-corrected chi connectivity index (χ4v) is 6.44. The number of carbonyl (C=O) groups is 3. The predicted molar refractivity (Wildman–Crippen MR) is 168 cm³/mol. The van der Waals surface area contributed by atoms with Gasteiger partial charge in [-0.2, -0.15) is 5.10 Å². The molecule has 3 atom stereocenters. The molecule has 44 heavy (non-hydrogen) atoms. The van der Waals surface area contributed by atoms with E-state index in [0.29, 0.717) is 42.7 Å². The van der Waals surface area contributed by atoms with Crippen molar-refractivity contribution in [3.05, 3.63) is 107 Å². The second-order valence-electron chi connectivity index (χ2n) is 11.7. The van der Waals surface area contributed by atoms with E-state index < -0.39 is 17.4 Å². The Hall–Kier alpha value is -4.60. The van der Waals surface area contributed by atoms with Crippen LogP contribution in [-0.4, -0.2) is 58.2 Å². The van der Waals surface area contributed by atoms with Gasteiger partial charge in [0.15, 0.2) is 5.60 Å². The summed E-state index contributed by atoms with van der Waals surface area (Å²) in [5.74, 6) is -1.47. The van der Waals surface area contributed by atoms with Crippen LogP contribution in [0.2, 0.25) is 0 Å². The summed E-state index contributed by atoms with van der Waals surface area (Å²) in [5, 5.41) is 27.9. The summed E-state index contributed by atoms with van der Waals surface area (Å²) in [5.41, 5.74) is 3.42. The highest BCUT2D eigenvalue weighted by Gasteiger charge is 2.51. The van der Waals surface area contributed by atoms with Crippen LogP contribution in [0.25, 0.3) is 0 Å². The molecule has 0 saturated heterocycles. The van der Waals surface area contributed by atoms with Crippen LogP contribution in [0.3, 0.4) is 0 Å². The molecule has 3 amide bonds. The molecular formula is C35H36N4O5. The number of hydrogen-bond donors (Lipinski definition) is 2. The quantitative estimate of drug-likeness (QED) is 0.404. The molecule has 0 bridgehead atoms. The summed E-state index contributed by atoms with van der Waals surface area (Å²) in [7, 11) is 1.61. The molecule has 3 aliphatic heterocycles. The molecule has 0 aliphatic carbocycles. The van der Waals surface area contributed by atoms with E-state index in [1.54, 1.807) is 49.2 Å². The zero-order valence-corrected chi connectivity index (χ0v) is 24.9. The van der Waals surface area contributed by atoms with Gasteiger partial charge in [0.05, 0.1) is 29.7 Å². The molecule has 3 aromatic carbocycles. The summed E-state index contributed by atoms with van der Waals surface area (Å²) in [6, 6.07) is 22.4. The largest absolute Gasteiger partial charge is 0.394 e. The number of aliphatic hydroxyl groups is 2. The highest BCUT2D eigenvalue weighted by atomic mass is 16.3. The zero-order valence-electron chi connectivity index (χ0n) is 24.9. The first kappa shape index (κ1) is 29.5. The molecule has 3 aromatic rings. The summed E-state index contributed by atoms with van der Waals surface area (Å²) in [6.07, 6.45) is 4.85. The van der Waals surface area contributed by atoms with Crippen molar-refractivity contribution in [2.45, 2.75) is 50.8 Å². The Morgan fingerprint density at radius 2 is 1.77 bits per heavy atom. The van der Waals surface area contributed by atoms with Crippen LogP contribution >= 0.6 is 0 Å². The first-order chi connectivity index (χ1) is 21.2. The Balaban J connectivity index is 1.23. The van der Waals surface area contributed by atoms with Crippen molar-refractivity contribution in [1.82, 2.24) is 4.90 Å². The molecule has 9 heteroatoms. The molecule has 2 N–H and O–H groups in total. The topological polar surface area (TPSA) is 114 Å². The molecule has 3 heterocycles. The molecule has 0 radical (unpaired) electrons. The number of carbonyl (C=O) groups excluding carboxylic acids is 3. The smallest absolute Gasteiger partial charge is 0.264 e. The van der Waals surface area contributed by atoms with Crippen molar-refractivity contribution in [1.29, 1.82) is 0 Å². The second-order valence-corrected chi connectivity index (χ2v) is 11.7. The van der Waals surface area contributed by atoms with E-state index in [1.165, 1.54) is 9.91 Å². The van der Waals surface area contributed by atoms with Gasteiger partial charge >= 0.3 is 0 Å². The Bertz CT molecular complexity index is 1670. The summed E-state index contributed by atoms with van der Waals surface area (Å²) >= 11 is 0. The number of nitrogens with zero attached hydrogens (tertiary/aromatic N) is 4. The average Bonchev–Trinajstić information content (AvgIpc) is 3.25. The van der Waals surface area contributed by atoms with E-state index in [9.17, 15) is 24.6 Å². The van der Waals surface area contributed by atoms with Gasteiger partial charge in [-0.3, -0.25) is 14.4 Å². The molecular weight excluding hydrogens is 556 g/mol. The van der Waals surface area contributed by atoms with Gasteiger partial charge in [0.2, 0.25) is 11.8 Å². The standard InChI is InChI=1S/C35H36N4O5/c1-23(9-8-14-32(41)38-21-26-13-7-6-12-25(26)19-28(38)22-40)35(44)29-20-27(15-17-31(29)37(2)34(35)43)39-33(42)18-16-30(36-39)24-10-4-3-5-11-24/h3-13,15,17,20,23,28,40,44H,14,16,18-19,21-22H2,1-2H3/b9-8+/t23-,28+,35+/m1/s1. The number of rotatable bonds is 7. The molecule has 226 valence electrons. The van der Waals surface area contributed by atoms with E-state index in [1.807, 2.05) is 54.6 Å². The van der Waals surface area contributed by atoms with Gasteiger partial charge in [-0.1, -0.05) is 73.7 Å². The molecule has 0 spiro atoms. The minimum atomic E-state index is -1.90. The third-order valence-corrected chi connectivity index (χ3v) is 9.03. The molecule has 0 unspecified atom stereocenters. The van der Waals surface area contributed by atoms with E-state index in [2.05, 4.69) is 5.10 Å². The Morgan fingerprint density at radius 3 is 2.52 bits per heavy atom. The molecule has 6 rings (SSSR count). The number of fused-ring (bicyclic) bond motifs is 2. The van der Waals surface area contributed by atoms with Crippen LogP contribution in [0.15, 0.2) is 90.0 Å². The molecule has 0 aromatic heterocycles. The lowest BCUT2D eigenvalue weighted by molar-refractivity contribution is -0.139. The number of hydrogen-bond acceptors (Lipinski definition) is 6. The maximum absolute atomic E-state index is 13.5. The minimum Gasteiger partial charge on any atom is -0.394 e. The molecule has 3 aliphatic rings. The minimum absolute atomic E-state index is 0.0648. The molecule has 0 fully saturated rings. The first-order valence-corrected chi connectivity index (χ1v) is 15.0. The van der Waals surface area contributed by atoms with Gasteiger partial charge in [-0.05, 0) is 41.3 Å². The van der Waals surface area contributed by atoms with E-state index >= 15 is 0 Å². The second kappa shape index (κ2) is 11.8. The van der Waals surface area contributed by atoms with Crippen LogP contribution in [0.5, 0.6) is 0 Å². The number of likely N-dealkylation sites (N-methyl/N-ethyl adjacent to an activating group) is 1. The highest BCUT2D eigenvalue weighted by molar-refractivity contribution is 6.10. The van der Waals surface area contributed by atoms with E-state index in [-0.39, 0.29) is 30.9 Å². The lowest BCUT2D eigenvalue weighted by Gasteiger charge is -2.36. The highest BCUT2D eigenvalue weighted by Crippen LogP contribution is 2.46. The van der Waals surface area contributed by atoms with Crippen molar-refractivity contribution < 1.29 is 24.6 Å². The maximum Gasteiger partial charge on any atom is 0.264 e. The predicted octanol–water partition coefficient (Wildman–Crippen LogP) is 3.91. The summed E-state index contributed by atoms with van der Waals surface area (Å²) < 4.78 is 0. The first-order valence-electron chi connectivity index (χ1n) is 15.0. The monoisotopic (exact) mass is 592 g/mol. The third kappa shape index (κ3) is 5.12. The number of amides is 3. The van der Waals surface area contributed by atoms with Crippen molar-refractivity contribution in [3.8, 4) is 0 Å². The summed E-state index contributed by atoms with van der Waals surface area (Å²) in [4.78, 5) is 42.8. The van der Waals surface area contributed by atoms with Gasteiger partial charge in [0.1, 0.15) is 0 Å². The normalized spacial score (nSPS) is 22.2. The fraction of sp³-hybridized carbons (Fsp3) is 0.314. The number of anilines is 2. The molecule has 0 saturated carbocycles.